The number of aromatic nitrogens is 1. The monoisotopic (exact) mass is 347 g/mol. The zero-order valence-corrected chi connectivity index (χ0v) is 15.7. The first-order valence-electron chi connectivity index (χ1n) is 7.52. The summed E-state index contributed by atoms with van der Waals surface area (Å²) in [6.45, 7) is 4.48. The van der Waals surface area contributed by atoms with Gasteiger partial charge in [-0.2, -0.15) is 0 Å². The van der Waals surface area contributed by atoms with Crippen LogP contribution in [-0.4, -0.2) is 18.3 Å². The van der Waals surface area contributed by atoms with E-state index in [4.69, 9.17) is 0 Å². The first-order valence-corrected chi connectivity index (χ1v) is 14.9. The maximum atomic E-state index is 13.4. The second-order valence-electron chi connectivity index (χ2n) is 7.09. The zero-order chi connectivity index (χ0) is 15.6. The normalized spacial score (nSPS) is 12.0. The van der Waals surface area contributed by atoms with Crippen LogP contribution >= 0.6 is 0 Å². The van der Waals surface area contributed by atoms with Crippen molar-refractivity contribution in [3.8, 4) is 11.3 Å². The van der Waals surface area contributed by atoms with Gasteiger partial charge < -0.3 is 0 Å². The van der Waals surface area contributed by atoms with Gasteiger partial charge in [-0.15, -0.1) is 0 Å². The first-order chi connectivity index (χ1) is 9.77. The van der Waals surface area contributed by atoms with Crippen LogP contribution in [0.15, 0.2) is 36.5 Å². The Balaban J connectivity index is 2.51. The van der Waals surface area contributed by atoms with E-state index < -0.39 is 13.3 Å². The van der Waals surface area contributed by atoms with Gasteiger partial charge in [0.2, 0.25) is 0 Å². The average molecular weight is 346 g/mol. The molecule has 0 unspecified atom stereocenters. The standard InChI is InChI=1S/C18H24FGeN/c1-13(2)9-15-11-18(14-7-6-8-16(19)10-14)21-12-17(15)20(3,4)5/h6-8,10-13H,9H2,1-5H3. The number of halogens is 1. The molecule has 0 aliphatic heterocycles. The summed E-state index contributed by atoms with van der Waals surface area (Å²) in [7, 11) is 0. The molecule has 0 radical (unpaired) electrons. The van der Waals surface area contributed by atoms with Crippen molar-refractivity contribution in [2.24, 2.45) is 5.92 Å². The molecule has 0 bridgehead atoms. The third-order valence-electron chi connectivity index (χ3n) is 3.55. The molecule has 0 aliphatic carbocycles. The van der Waals surface area contributed by atoms with Crippen LogP contribution in [0, 0.1) is 11.7 Å². The second kappa shape index (κ2) is 6.31. The Morgan fingerprint density at radius 2 is 1.86 bits per heavy atom. The molecule has 0 saturated heterocycles. The van der Waals surface area contributed by atoms with Crippen molar-refractivity contribution >= 4 is 17.7 Å². The molecule has 21 heavy (non-hydrogen) atoms. The molecule has 1 nitrogen and oxygen atoms in total. The van der Waals surface area contributed by atoms with E-state index >= 15 is 0 Å². The molecule has 3 heteroatoms. The first kappa shape index (κ1) is 16.2. The summed E-state index contributed by atoms with van der Waals surface area (Å²) in [4.78, 5) is 4.60. The summed E-state index contributed by atoms with van der Waals surface area (Å²) in [6.07, 6.45) is 3.10. The Morgan fingerprint density at radius 1 is 1.14 bits per heavy atom. The average Bonchev–Trinajstić information content (AvgIpc) is 2.36. The van der Waals surface area contributed by atoms with E-state index in [1.807, 2.05) is 12.3 Å². The van der Waals surface area contributed by atoms with Gasteiger partial charge in [0.05, 0.1) is 0 Å². The number of nitrogens with zero attached hydrogens (tertiary/aromatic N) is 1. The minimum atomic E-state index is -1.94. The Kier molecular flexibility index (Phi) is 4.87. The second-order valence-corrected chi connectivity index (χ2v) is 17.7. The summed E-state index contributed by atoms with van der Waals surface area (Å²) in [5.41, 5.74) is 3.13. The van der Waals surface area contributed by atoms with Gasteiger partial charge in [0.1, 0.15) is 0 Å². The van der Waals surface area contributed by atoms with Crippen LogP contribution in [0.2, 0.25) is 17.3 Å². The number of benzene rings is 1. The molecule has 0 amide bonds. The molecule has 0 saturated carbocycles. The fourth-order valence-electron chi connectivity index (χ4n) is 2.59. The number of pyridine rings is 1. The molecule has 1 aromatic carbocycles. The van der Waals surface area contributed by atoms with Gasteiger partial charge in [0, 0.05) is 0 Å². The fourth-order valence-corrected chi connectivity index (χ4v) is 5.92. The third-order valence-corrected chi connectivity index (χ3v) is 7.88. The quantitative estimate of drug-likeness (QED) is 0.736. The summed E-state index contributed by atoms with van der Waals surface area (Å²) in [5, 5.41) is 0. The Labute approximate surface area is 130 Å². The molecule has 2 aromatic rings. The minimum absolute atomic E-state index is 0.211. The summed E-state index contributed by atoms with van der Waals surface area (Å²) in [6, 6.07) is 8.85. The number of hydrogen-bond donors (Lipinski definition) is 0. The maximum absolute atomic E-state index is 13.4. The summed E-state index contributed by atoms with van der Waals surface area (Å²) < 4.78 is 14.9. The van der Waals surface area contributed by atoms with Crippen LogP contribution in [-0.2, 0) is 6.42 Å². The van der Waals surface area contributed by atoms with Crippen molar-refractivity contribution in [2.75, 3.05) is 0 Å². The van der Waals surface area contributed by atoms with Crippen LogP contribution in [0.4, 0.5) is 4.39 Å². The van der Waals surface area contributed by atoms with E-state index in [1.54, 1.807) is 12.1 Å². The number of rotatable bonds is 4. The van der Waals surface area contributed by atoms with Crippen LogP contribution < -0.4 is 4.40 Å². The van der Waals surface area contributed by atoms with Gasteiger partial charge in [0.25, 0.3) is 0 Å². The van der Waals surface area contributed by atoms with Gasteiger partial charge in [-0.3, -0.25) is 0 Å². The number of hydrogen-bond acceptors (Lipinski definition) is 1. The zero-order valence-electron chi connectivity index (χ0n) is 13.6. The van der Waals surface area contributed by atoms with Crippen molar-refractivity contribution in [1.29, 1.82) is 0 Å². The molecule has 0 aliphatic rings. The van der Waals surface area contributed by atoms with Crippen LogP contribution in [0.25, 0.3) is 11.3 Å². The van der Waals surface area contributed by atoms with E-state index in [0.717, 1.165) is 17.7 Å². The molecule has 0 atom stereocenters. The van der Waals surface area contributed by atoms with E-state index in [1.165, 1.54) is 16.0 Å². The van der Waals surface area contributed by atoms with Crippen molar-refractivity contribution in [2.45, 2.75) is 37.5 Å². The molecule has 112 valence electrons. The van der Waals surface area contributed by atoms with E-state index in [2.05, 4.69) is 42.2 Å². The SMILES string of the molecule is CC(C)Cc1cc(-c2cccc(F)c2)nc[c]1[Ge]([CH3])([CH3])[CH3]. The van der Waals surface area contributed by atoms with Crippen molar-refractivity contribution in [3.05, 3.63) is 47.9 Å². The molecule has 0 N–H and O–H groups in total. The Morgan fingerprint density at radius 3 is 2.43 bits per heavy atom. The topological polar surface area (TPSA) is 12.9 Å². The van der Waals surface area contributed by atoms with Crippen molar-refractivity contribution in [1.82, 2.24) is 4.98 Å². The third kappa shape index (κ3) is 4.16. The van der Waals surface area contributed by atoms with Crippen LogP contribution in [0.1, 0.15) is 19.4 Å². The van der Waals surface area contributed by atoms with Crippen molar-refractivity contribution < 1.29 is 4.39 Å². The van der Waals surface area contributed by atoms with Crippen LogP contribution in [0.3, 0.4) is 0 Å². The molecule has 0 fully saturated rings. The van der Waals surface area contributed by atoms with Crippen LogP contribution in [0.5, 0.6) is 0 Å². The van der Waals surface area contributed by atoms with Gasteiger partial charge >= 0.3 is 130 Å². The molecule has 1 aromatic heterocycles. The summed E-state index contributed by atoms with van der Waals surface area (Å²) >= 11 is -1.94. The molecular formula is C18H24FGeN. The Bertz CT molecular complexity index is 629. The predicted octanol–water partition coefficient (Wildman–Crippen LogP) is 4.63. The van der Waals surface area contributed by atoms with Gasteiger partial charge in [-0.05, 0) is 0 Å². The van der Waals surface area contributed by atoms with Gasteiger partial charge in [0.15, 0.2) is 0 Å². The fraction of sp³-hybridized carbons (Fsp3) is 0.389. The van der Waals surface area contributed by atoms with Crippen molar-refractivity contribution in [3.63, 3.8) is 0 Å². The molecule has 2 rings (SSSR count). The van der Waals surface area contributed by atoms with E-state index in [0.29, 0.717) is 5.92 Å². The van der Waals surface area contributed by atoms with Gasteiger partial charge in [-0.1, -0.05) is 0 Å². The molecule has 0 spiro atoms. The Hall–Kier alpha value is -1.16. The molecule has 1 heterocycles. The molecular weight excluding hydrogens is 322 g/mol. The predicted molar refractivity (Wildman–Crippen MR) is 91.2 cm³/mol. The van der Waals surface area contributed by atoms with E-state index in [-0.39, 0.29) is 5.82 Å². The summed E-state index contributed by atoms with van der Waals surface area (Å²) in [5.74, 6) is 7.57. The van der Waals surface area contributed by atoms with Gasteiger partial charge in [-0.25, -0.2) is 0 Å². The van der Waals surface area contributed by atoms with E-state index in [9.17, 15) is 4.39 Å².